The number of alkyl halides is 3. The molecule has 0 fully saturated rings. The molecule has 1 rings (SSSR count). The fraction of sp³-hybridized carbons (Fsp3) is 0.400. The van der Waals surface area contributed by atoms with Gasteiger partial charge in [-0.3, -0.25) is 0 Å². The van der Waals surface area contributed by atoms with Crippen molar-refractivity contribution in [1.29, 1.82) is 0 Å². The van der Waals surface area contributed by atoms with Crippen molar-refractivity contribution < 1.29 is 17.9 Å². The van der Waals surface area contributed by atoms with Crippen LogP contribution < -0.4 is 10.1 Å². The molecule has 0 radical (unpaired) electrons. The van der Waals surface area contributed by atoms with Crippen LogP contribution in [-0.4, -0.2) is 19.3 Å². The number of ether oxygens (including phenoxy) is 1. The van der Waals surface area contributed by atoms with Crippen molar-refractivity contribution >= 4 is 5.69 Å². The lowest BCUT2D eigenvalue weighted by molar-refractivity contribution is -0.153. The summed E-state index contributed by atoms with van der Waals surface area (Å²) in [6, 6.07) is 6.44. The molecule has 2 nitrogen and oxygen atoms in total. The van der Waals surface area contributed by atoms with Crippen molar-refractivity contribution in [3.8, 4) is 5.75 Å². The molecular formula is C10H12F3NO. The topological polar surface area (TPSA) is 21.3 Å². The van der Waals surface area contributed by atoms with E-state index >= 15 is 0 Å². The number of anilines is 1. The van der Waals surface area contributed by atoms with Gasteiger partial charge in [0.2, 0.25) is 0 Å². The predicted octanol–water partition coefficient (Wildman–Crippen LogP) is 3.06. The van der Waals surface area contributed by atoms with Gasteiger partial charge in [0, 0.05) is 18.3 Å². The molecular weight excluding hydrogens is 207 g/mol. The molecule has 0 aromatic heterocycles. The molecule has 0 aliphatic heterocycles. The van der Waals surface area contributed by atoms with Crippen molar-refractivity contribution in [3.05, 3.63) is 24.3 Å². The number of nitrogens with one attached hydrogen (secondary N) is 1. The predicted molar refractivity (Wildman–Crippen MR) is 52.2 cm³/mol. The molecule has 1 N–H and O–H groups in total. The largest absolute Gasteiger partial charge is 0.484 e. The van der Waals surface area contributed by atoms with E-state index in [0.29, 0.717) is 6.54 Å². The van der Waals surface area contributed by atoms with Crippen molar-refractivity contribution in [3.63, 3.8) is 0 Å². The summed E-state index contributed by atoms with van der Waals surface area (Å²) in [7, 11) is 0. The van der Waals surface area contributed by atoms with Gasteiger partial charge in [-0.05, 0) is 19.1 Å². The molecule has 0 atom stereocenters. The Morgan fingerprint density at radius 1 is 1.33 bits per heavy atom. The number of rotatable bonds is 4. The monoisotopic (exact) mass is 219 g/mol. The SMILES string of the molecule is CCNc1cccc(OCC(F)(F)F)c1. The quantitative estimate of drug-likeness (QED) is 0.840. The number of hydrogen-bond acceptors (Lipinski definition) is 2. The molecule has 0 unspecified atom stereocenters. The van der Waals surface area contributed by atoms with Crippen LogP contribution in [0.4, 0.5) is 18.9 Å². The zero-order valence-corrected chi connectivity index (χ0v) is 8.27. The normalized spacial score (nSPS) is 11.2. The third kappa shape index (κ3) is 4.58. The van der Waals surface area contributed by atoms with Crippen LogP contribution in [-0.2, 0) is 0 Å². The number of benzene rings is 1. The molecule has 0 amide bonds. The molecule has 1 aromatic rings. The molecule has 0 aliphatic rings. The van der Waals surface area contributed by atoms with Crippen molar-refractivity contribution in [1.82, 2.24) is 0 Å². The average Bonchev–Trinajstić information content (AvgIpc) is 2.15. The molecule has 0 aliphatic carbocycles. The lowest BCUT2D eigenvalue weighted by atomic mass is 10.3. The Morgan fingerprint density at radius 3 is 2.67 bits per heavy atom. The lowest BCUT2D eigenvalue weighted by Crippen LogP contribution is -2.19. The fourth-order valence-corrected chi connectivity index (χ4v) is 1.07. The summed E-state index contributed by atoms with van der Waals surface area (Å²) in [6.45, 7) is 1.36. The van der Waals surface area contributed by atoms with E-state index in [0.717, 1.165) is 5.69 Å². The maximum absolute atomic E-state index is 11.8. The smallest absolute Gasteiger partial charge is 0.422 e. The van der Waals surface area contributed by atoms with E-state index in [1.54, 1.807) is 12.1 Å². The van der Waals surface area contributed by atoms with Crippen LogP contribution in [0.1, 0.15) is 6.92 Å². The van der Waals surface area contributed by atoms with E-state index in [1.807, 2.05) is 6.92 Å². The standard InChI is InChI=1S/C10H12F3NO/c1-2-14-8-4-3-5-9(6-8)15-7-10(11,12)13/h3-6,14H,2,7H2,1H3. The van der Waals surface area contributed by atoms with Crippen LogP contribution in [0.3, 0.4) is 0 Å². The minimum absolute atomic E-state index is 0.214. The number of hydrogen-bond donors (Lipinski definition) is 1. The highest BCUT2D eigenvalue weighted by Crippen LogP contribution is 2.21. The second-order valence-corrected chi connectivity index (χ2v) is 2.96. The zero-order chi connectivity index (χ0) is 11.3. The summed E-state index contributed by atoms with van der Waals surface area (Å²) in [6.07, 6.45) is -4.30. The van der Waals surface area contributed by atoms with E-state index in [-0.39, 0.29) is 5.75 Å². The Kier molecular flexibility index (Phi) is 3.82. The maximum atomic E-state index is 11.8. The Balaban J connectivity index is 2.57. The zero-order valence-electron chi connectivity index (χ0n) is 8.27. The highest BCUT2D eigenvalue weighted by Gasteiger charge is 2.28. The average molecular weight is 219 g/mol. The van der Waals surface area contributed by atoms with E-state index in [4.69, 9.17) is 0 Å². The Morgan fingerprint density at radius 2 is 2.07 bits per heavy atom. The van der Waals surface area contributed by atoms with Crippen molar-refractivity contribution in [2.24, 2.45) is 0 Å². The lowest BCUT2D eigenvalue weighted by Gasteiger charge is -2.10. The van der Waals surface area contributed by atoms with Crippen LogP contribution in [0.25, 0.3) is 0 Å². The minimum Gasteiger partial charge on any atom is -0.484 e. The van der Waals surface area contributed by atoms with E-state index in [9.17, 15) is 13.2 Å². The summed E-state index contributed by atoms with van der Waals surface area (Å²) in [5, 5.41) is 2.98. The molecule has 0 spiro atoms. The highest BCUT2D eigenvalue weighted by atomic mass is 19.4. The molecule has 0 saturated carbocycles. The Labute approximate surface area is 86.1 Å². The van der Waals surface area contributed by atoms with Crippen LogP contribution in [0.2, 0.25) is 0 Å². The summed E-state index contributed by atoms with van der Waals surface area (Å²) in [5.41, 5.74) is 0.747. The second kappa shape index (κ2) is 4.91. The fourth-order valence-electron chi connectivity index (χ4n) is 1.07. The van der Waals surface area contributed by atoms with Crippen LogP contribution >= 0.6 is 0 Å². The van der Waals surface area contributed by atoms with Gasteiger partial charge < -0.3 is 10.1 Å². The number of halogens is 3. The minimum atomic E-state index is -4.30. The van der Waals surface area contributed by atoms with Gasteiger partial charge in [-0.2, -0.15) is 13.2 Å². The van der Waals surface area contributed by atoms with Gasteiger partial charge in [0.1, 0.15) is 5.75 Å². The summed E-state index contributed by atoms with van der Waals surface area (Å²) >= 11 is 0. The summed E-state index contributed by atoms with van der Waals surface area (Å²) in [4.78, 5) is 0. The summed E-state index contributed by atoms with van der Waals surface area (Å²) < 4.78 is 40.1. The van der Waals surface area contributed by atoms with E-state index in [2.05, 4.69) is 10.1 Å². The van der Waals surface area contributed by atoms with Gasteiger partial charge >= 0.3 is 6.18 Å². The molecule has 0 heterocycles. The third-order valence-electron chi connectivity index (χ3n) is 1.62. The van der Waals surface area contributed by atoms with Crippen LogP contribution in [0, 0.1) is 0 Å². The first-order valence-corrected chi connectivity index (χ1v) is 4.55. The molecule has 15 heavy (non-hydrogen) atoms. The second-order valence-electron chi connectivity index (χ2n) is 2.96. The van der Waals surface area contributed by atoms with Crippen LogP contribution in [0.15, 0.2) is 24.3 Å². The molecule has 0 bridgehead atoms. The first-order chi connectivity index (χ1) is 7.01. The van der Waals surface area contributed by atoms with Crippen molar-refractivity contribution in [2.45, 2.75) is 13.1 Å². The molecule has 5 heteroatoms. The van der Waals surface area contributed by atoms with Gasteiger partial charge in [-0.25, -0.2) is 0 Å². The Hall–Kier alpha value is -1.39. The Bertz CT molecular complexity index is 312. The van der Waals surface area contributed by atoms with Gasteiger partial charge in [0.25, 0.3) is 0 Å². The molecule has 1 aromatic carbocycles. The third-order valence-corrected chi connectivity index (χ3v) is 1.62. The van der Waals surface area contributed by atoms with E-state index < -0.39 is 12.8 Å². The van der Waals surface area contributed by atoms with Crippen molar-refractivity contribution in [2.75, 3.05) is 18.5 Å². The maximum Gasteiger partial charge on any atom is 0.422 e. The van der Waals surface area contributed by atoms with Gasteiger partial charge in [-0.1, -0.05) is 6.07 Å². The van der Waals surface area contributed by atoms with E-state index in [1.165, 1.54) is 12.1 Å². The molecule has 0 saturated heterocycles. The van der Waals surface area contributed by atoms with Gasteiger partial charge in [0.15, 0.2) is 6.61 Å². The highest BCUT2D eigenvalue weighted by molar-refractivity contribution is 5.47. The molecule has 84 valence electrons. The summed E-state index contributed by atoms with van der Waals surface area (Å²) in [5.74, 6) is 0.214. The first kappa shape index (κ1) is 11.7. The van der Waals surface area contributed by atoms with Gasteiger partial charge in [0.05, 0.1) is 0 Å². The first-order valence-electron chi connectivity index (χ1n) is 4.55. The van der Waals surface area contributed by atoms with Gasteiger partial charge in [-0.15, -0.1) is 0 Å². The van der Waals surface area contributed by atoms with Crippen LogP contribution in [0.5, 0.6) is 5.75 Å².